The van der Waals surface area contributed by atoms with Crippen LogP contribution in [0.15, 0.2) is 0 Å². The third-order valence-corrected chi connectivity index (χ3v) is 5.07. The van der Waals surface area contributed by atoms with Gasteiger partial charge in [0, 0.05) is 0 Å². The molecule has 3 aliphatic rings. The Bertz CT molecular complexity index is 545. The third-order valence-electron chi connectivity index (χ3n) is 4.04. The van der Waals surface area contributed by atoms with Crippen molar-refractivity contribution in [2.75, 3.05) is 0 Å². The molecule has 23 heavy (non-hydrogen) atoms. The Morgan fingerprint density at radius 2 is 1.65 bits per heavy atom. The Hall–Kier alpha value is -0.560. The van der Waals surface area contributed by atoms with Crippen LogP contribution in [0.4, 0.5) is 0 Å². The summed E-state index contributed by atoms with van der Waals surface area (Å²) in [5.74, 6) is -1.88. The lowest BCUT2D eigenvalue weighted by Gasteiger charge is -2.38. The van der Waals surface area contributed by atoms with Gasteiger partial charge < -0.3 is 23.7 Å². The van der Waals surface area contributed by atoms with Crippen molar-refractivity contribution in [1.82, 2.24) is 0 Å². The number of hydrogen-bond acceptors (Lipinski definition) is 7. The lowest BCUT2D eigenvalue weighted by Crippen LogP contribution is -2.58. The molecule has 0 aliphatic carbocycles. The molecule has 6 atom stereocenters. The molecule has 0 saturated carbocycles. The zero-order chi connectivity index (χ0) is 17.0. The van der Waals surface area contributed by atoms with Crippen LogP contribution in [-0.4, -0.2) is 52.9 Å². The van der Waals surface area contributed by atoms with Gasteiger partial charge in [0.2, 0.25) is 0 Å². The second kappa shape index (κ2) is 5.76. The zero-order valence-electron chi connectivity index (χ0n) is 13.4. The number of carbonyl (C=O) groups excluding carboxylic acids is 1. The number of Topliss-reactive ketones (excluding diaryl/α,β-unsaturated/α-hetero) is 1. The maximum absolute atomic E-state index is 12.1. The number of nitriles is 1. The summed E-state index contributed by atoms with van der Waals surface area (Å²) in [4.78, 5) is 11.4. The molecule has 0 spiro atoms. The average Bonchev–Trinajstić information content (AvgIpc) is 2.91. The molecule has 0 unspecified atom stereocenters. The summed E-state index contributed by atoms with van der Waals surface area (Å²) in [5.41, 5.74) is 0. The van der Waals surface area contributed by atoms with Crippen molar-refractivity contribution < 1.29 is 28.5 Å². The van der Waals surface area contributed by atoms with E-state index in [2.05, 4.69) is 15.9 Å². The molecule has 3 rings (SSSR count). The second-order valence-corrected chi connectivity index (χ2v) is 7.82. The average molecular weight is 390 g/mol. The molecule has 3 aliphatic heterocycles. The van der Waals surface area contributed by atoms with E-state index in [1.54, 1.807) is 27.7 Å². The third kappa shape index (κ3) is 3.18. The lowest BCUT2D eigenvalue weighted by atomic mass is 9.95. The van der Waals surface area contributed by atoms with Crippen molar-refractivity contribution in [3.05, 3.63) is 0 Å². The normalized spacial score (nSPS) is 41.7. The summed E-state index contributed by atoms with van der Waals surface area (Å²) in [7, 11) is 0. The van der Waals surface area contributed by atoms with Crippen LogP contribution >= 0.6 is 15.9 Å². The SMILES string of the molecule is CC1(C)O[C@@H]2[C@H](O1)[C@H]1OC(C)(C)O[C@H]1O[C@@H]2[C@@H](Br)C(=O)CC#N. The molecule has 0 aromatic carbocycles. The fraction of sp³-hybridized carbons (Fsp3) is 0.867. The number of alkyl halides is 1. The standard InChI is InChI=1S/C15H20BrNO6/c1-14(2)20-10-9(8(16)7(18)5-6-17)19-13-12(11(10)21-14)22-15(3,4)23-13/h8-13H,5H2,1-4H3/t8-,9+,10-,11-,12+,13+/m0/s1. The molecule has 0 amide bonds. The van der Waals surface area contributed by atoms with Crippen LogP contribution in [0.25, 0.3) is 0 Å². The number of rotatable bonds is 3. The molecule has 0 radical (unpaired) electrons. The van der Waals surface area contributed by atoms with Crippen molar-refractivity contribution >= 4 is 21.7 Å². The Morgan fingerprint density at radius 1 is 1.09 bits per heavy atom. The molecular weight excluding hydrogens is 370 g/mol. The zero-order valence-corrected chi connectivity index (χ0v) is 15.0. The van der Waals surface area contributed by atoms with Crippen LogP contribution in [0.2, 0.25) is 0 Å². The topological polar surface area (TPSA) is 87.0 Å². The van der Waals surface area contributed by atoms with Gasteiger partial charge in [-0.2, -0.15) is 5.26 Å². The highest BCUT2D eigenvalue weighted by atomic mass is 79.9. The van der Waals surface area contributed by atoms with E-state index < -0.39 is 47.1 Å². The van der Waals surface area contributed by atoms with Gasteiger partial charge in [-0.05, 0) is 27.7 Å². The summed E-state index contributed by atoms with van der Waals surface area (Å²) >= 11 is 3.35. The van der Waals surface area contributed by atoms with Gasteiger partial charge >= 0.3 is 0 Å². The van der Waals surface area contributed by atoms with E-state index in [4.69, 9.17) is 28.9 Å². The number of ether oxygens (including phenoxy) is 5. The molecule has 128 valence electrons. The highest BCUT2D eigenvalue weighted by Crippen LogP contribution is 2.45. The highest BCUT2D eigenvalue weighted by molar-refractivity contribution is 9.10. The first-order chi connectivity index (χ1) is 10.6. The molecule has 3 heterocycles. The van der Waals surface area contributed by atoms with Crippen LogP contribution in [0.5, 0.6) is 0 Å². The minimum atomic E-state index is -0.813. The Kier molecular flexibility index (Phi) is 4.32. The number of nitrogens with zero attached hydrogens (tertiary/aromatic N) is 1. The number of fused-ring (bicyclic) bond motifs is 3. The van der Waals surface area contributed by atoms with Crippen LogP contribution < -0.4 is 0 Å². The molecule has 3 fully saturated rings. The van der Waals surface area contributed by atoms with Crippen molar-refractivity contribution in [3.63, 3.8) is 0 Å². The van der Waals surface area contributed by atoms with E-state index in [9.17, 15) is 4.79 Å². The Balaban J connectivity index is 1.87. The first-order valence-corrected chi connectivity index (χ1v) is 8.45. The molecule has 0 aromatic heterocycles. The van der Waals surface area contributed by atoms with E-state index in [1.165, 1.54) is 0 Å². The van der Waals surface area contributed by atoms with Gasteiger partial charge in [-0.1, -0.05) is 15.9 Å². The van der Waals surface area contributed by atoms with Gasteiger partial charge in [0.1, 0.15) is 29.2 Å². The van der Waals surface area contributed by atoms with Crippen molar-refractivity contribution in [2.24, 2.45) is 0 Å². The fourth-order valence-electron chi connectivity index (χ4n) is 3.24. The summed E-state index contributed by atoms with van der Waals surface area (Å²) in [6.45, 7) is 7.20. The van der Waals surface area contributed by atoms with Gasteiger partial charge in [-0.25, -0.2) is 0 Å². The Morgan fingerprint density at radius 3 is 2.30 bits per heavy atom. The van der Waals surface area contributed by atoms with Gasteiger partial charge in [-0.3, -0.25) is 4.79 Å². The number of carbonyl (C=O) groups is 1. The maximum atomic E-state index is 12.1. The van der Waals surface area contributed by atoms with Crippen LogP contribution in [0, 0.1) is 11.3 Å². The molecule has 0 N–H and O–H groups in total. The largest absolute Gasteiger partial charge is 0.342 e. The molecule has 0 aromatic rings. The highest BCUT2D eigenvalue weighted by Gasteiger charge is 2.62. The van der Waals surface area contributed by atoms with Crippen molar-refractivity contribution in [1.29, 1.82) is 5.26 Å². The number of ketones is 1. The quantitative estimate of drug-likeness (QED) is 0.677. The molecule has 0 bridgehead atoms. The molecule has 8 heteroatoms. The van der Waals surface area contributed by atoms with E-state index in [0.29, 0.717) is 0 Å². The van der Waals surface area contributed by atoms with E-state index in [-0.39, 0.29) is 12.2 Å². The van der Waals surface area contributed by atoms with Gasteiger partial charge in [-0.15, -0.1) is 0 Å². The lowest BCUT2D eigenvalue weighted by molar-refractivity contribution is -0.232. The van der Waals surface area contributed by atoms with Crippen LogP contribution in [0.3, 0.4) is 0 Å². The minimum absolute atomic E-state index is 0.200. The van der Waals surface area contributed by atoms with E-state index in [1.807, 2.05) is 6.07 Å². The van der Waals surface area contributed by atoms with E-state index in [0.717, 1.165) is 0 Å². The first kappa shape index (κ1) is 17.3. The van der Waals surface area contributed by atoms with Gasteiger partial charge in [0.25, 0.3) is 0 Å². The van der Waals surface area contributed by atoms with Gasteiger partial charge in [0.05, 0.1) is 12.5 Å². The number of hydrogen-bond donors (Lipinski definition) is 0. The van der Waals surface area contributed by atoms with Gasteiger partial charge in [0.15, 0.2) is 23.6 Å². The van der Waals surface area contributed by atoms with Crippen molar-refractivity contribution in [2.45, 2.75) is 81.2 Å². The first-order valence-electron chi connectivity index (χ1n) is 7.54. The summed E-state index contributed by atoms with van der Waals surface area (Å²) in [5, 5.41) is 8.74. The summed E-state index contributed by atoms with van der Waals surface area (Å²) in [6.07, 6.45) is -2.81. The molecule has 3 saturated heterocycles. The predicted octanol–water partition coefficient (Wildman–Crippen LogP) is 1.63. The molecule has 7 nitrogen and oxygen atoms in total. The Labute approximate surface area is 143 Å². The van der Waals surface area contributed by atoms with Crippen LogP contribution in [-0.2, 0) is 28.5 Å². The summed E-state index contributed by atoms with van der Waals surface area (Å²) < 4.78 is 29.5. The summed E-state index contributed by atoms with van der Waals surface area (Å²) in [6, 6.07) is 1.86. The van der Waals surface area contributed by atoms with Crippen molar-refractivity contribution in [3.8, 4) is 6.07 Å². The van der Waals surface area contributed by atoms with E-state index >= 15 is 0 Å². The fourth-order valence-corrected chi connectivity index (χ4v) is 3.82. The smallest absolute Gasteiger partial charge is 0.190 e. The van der Waals surface area contributed by atoms with Crippen LogP contribution in [0.1, 0.15) is 34.1 Å². The minimum Gasteiger partial charge on any atom is -0.342 e. The maximum Gasteiger partial charge on any atom is 0.190 e. The second-order valence-electron chi connectivity index (χ2n) is 6.84. The number of halogens is 1. The monoisotopic (exact) mass is 389 g/mol. The predicted molar refractivity (Wildman–Crippen MR) is 80.5 cm³/mol. The molecular formula is C15H20BrNO6.